The summed E-state index contributed by atoms with van der Waals surface area (Å²) in [6.07, 6.45) is 4.29. The van der Waals surface area contributed by atoms with Crippen LogP contribution < -0.4 is 10.5 Å². The number of hydrogen-bond acceptors (Lipinski definition) is 7. The number of nitrogens with two attached hydrogens (primary N) is 1. The van der Waals surface area contributed by atoms with Crippen LogP contribution in [0, 0.1) is 5.82 Å². The van der Waals surface area contributed by atoms with E-state index in [0.717, 1.165) is 12.0 Å². The van der Waals surface area contributed by atoms with Crippen LogP contribution in [0.25, 0.3) is 0 Å². The van der Waals surface area contributed by atoms with Gasteiger partial charge in [0, 0.05) is 18.0 Å². The van der Waals surface area contributed by atoms with Gasteiger partial charge >= 0.3 is 5.97 Å². The summed E-state index contributed by atoms with van der Waals surface area (Å²) in [4.78, 5) is 17.3. The Balaban J connectivity index is 1.58. The summed E-state index contributed by atoms with van der Waals surface area (Å²) in [5.74, 6) is -1.43. The van der Waals surface area contributed by atoms with Crippen LogP contribution in [-0.4, -0.2) is 30.1 Å². The zero-order valence-electron chi connectivity index (χ0n) is 22.6. The minimum absolute atomic E-state index is 0.0206. The van der Waals surface area contributed by atoms with Crippen LogP contribution in [0.5, 0.6) is 0 Å². The molecule has 0 fully saturated rings. The van der Waals surface area contributed by atoms with Crippen molar-refractivity contribution in [3.63, 3.8) is 0 Å². The smallest absolute Gasteiger partial charge is 0.338 e. The number of aromatic nitrogens is 1. The number of pyridine rings is 1. The standard InChI is InChI=1S/C30H34FN3O5S/c1-3-15-30(16-14-20-8-10-22(31)11-9-20)18-26(35)28(29(36)39-30)25(4-2)21-6-5-7-24(17-21)34-40(37,38)27-13-12-23(32)19-33-27/h5-13,17,19,25,34-35H,3-4,14-16,18,32H2,1-2H3/t25?,30-/m0/s1. The van der Waals surface area contributed by atoms with Crippen molar-refractivity contribution in [2.24, 2.45) is 0 Å². The SMILES string of the molecule is CCC[C@]1(CCc2ccc(F)cc2)CC(O)=C(C(CC)c2cccc(NS(=O)(=O)c3ccc(N)cn3)c2)C(=O)O1. The molecule has 4 rings (SSSR count). The van der Waals surface area contributed by atoms with Gasteiger partial charge in [-0.25, -0.2) is 14.2 Å². The maximum Gasteiger partial charge on any atom is 0.338 e. The molecular formula is C30H34FN3O5S. The molecule has 212 valence electrons. The van der Waals surface area contributed by atoms with Gasteiger partial charge in [-0.2, -0.15) is 8.42 Å². The van der Waals surface area contributed by atoms with E-state index in [2.05, 4.69) is 9.71 Å². The fourth-order valence-electron chi connectivity index (χ4n) is 5.22. The summed E-state index contributed by atoms with van der Waals surface area (Å²) in [6.45, 7) is 3.88. The Morgan fingerprint density at radius 1 is 1.12 bits per heavy atom. The Kier molecular flexibility index (Phi) is 8.78. The van der Waals surface area contributed by atoms with E-state index in [9.17, 15) is 22.7 Å². The number of carbonyl (C=O) groups is 1. The molecule has 8 nitrogen and oxygen atoms in total. The van der Waals surface area contributed by atoms with Crippen molar-refractivity contribution in [1.82, 2.24) is 4.98 Å². The molecule has 2 heterocycles. The van der Waals surface area contributed by atoms with E-state index in [1.807, 2.05) is 13.8 Å². The first kappa shape index (κ1) is 29.1. The lowest BCUT2D eigenvalue weighted by molar-refractivity contribution is -0.161. The van der Waals surface area contributed by atoms with Crippen LogP contribution >= 0.6 is 0 Å². The fraction of sp³-hybridized carbons (Fsp3) is 0.333. The number of hydrogen-bond donors (Lipinski definition) is 3. The monoisotopic (exact) mass is 567 g/mol. The van der Waals surface area contributed by atoms with E-state index < -0.39 is 27.5 Å². The molecule has 40 heavy (non-hydrogen) atoms. The molecule has 4 N–H and O–H groups in total. The van der Waals surface area contributed by atoms with E-state index >= 15 is 0 Å². The first-order chi connectivity index (χ1) is 19.1. The molecule has 1 aromatic heterocycles. The van der Waals surface area contributed by atoms with Crippen molar-refractivity contribution >= 4 is 27.4 Å². The summed E-state index contributed by atoms with van der Waals surface area (Å²) >= 11 is 0. The van der Waals surface area contributed by atoms with Gasteiger partial charge in [-0.1, -0.05) is 44.5 Å². The summed E-state index contributed by atoms with van der Waals surface area (Å²) in [5, 5.41) is 11.0. The lowest BCUT2D eigenvalue weighted by Gasteiger charge is -2.38. The van der Waals surface area contributed by atoms with Gasteiger partial charge in [0.25, 0.3) is 10.0 Å². The summed E-state index contributed by atoms with van der Waals surface area (Å²) in [5.41, 5.74) is 7.13. The van der Waals surface area contributed by atoms with E-state index in [-0.39, 0.29) is 28.6 Å². The highest BCUT2D eigenvalue weighted by Crippen LogP contribution is 2.42. The highest BCUT2D eigenvalue weighted by Gasteiger charge is 2.43. The third kappa shape index (κ3) is 6.62. The largest absolute Gasteiger partial charge is 0.512 e. The van der Waals surface area contributed by atoms with Crippen molar-refractivity contribution in [3.05, 3.63) is 95.1 Å². The van der Waals surface area contributed by atoms with Crippen molar-refractivity contribution in [1.29, 1.82) is 0 Å². The zero-order chi connectivity index (χ0) is 28.9. The maximum atomic E-state index is 13.4. The Hall–Kier alpha value is -3.92. The molecule has 1 aliphatic rings. The van der Waals surface area contributed by atoms with Gasteiger partial charge in [0.2, 0.25) is 0 Å². The van der Waals surface area contributed by atoms with Gasteiger partial charge in [-0.05, 0) is 73.2 Å². The van der Waals surface area contributed by atoms with E-state index in [1.54, 1.807) is 36.4 Å². The van der Waals surface area contributed by atoms with Gasteiger partial charge in [0.15, 0.2) is 5.03 Å². The fourth-order valence-corrected chi connectivity index (χ4v) is 6.20. The van der Waals surface area contributed by atoms with E-state index in [4.69, 9.17) is 10.5 Å². The average Bonchev–Trinajstić information content (AvgIpc) is 2.91. The number of ether oxygens (including phenoxy) is 1. The van der Waals surface area contributed by atoms with Crippen LogP contribution in [0.15, 0.2) is 83.2 Å². The van der Waals surface area contributed by atoms with Crippen molar-refractivity contribution in [3.8, 4) is 0 Å². The normalized spacial score (nSPS) is 18.3. The molecule has 2 atom stereocenters. The number of cyclic esters (lactones) is 1. The second-order valence-corrected chi connectivity index (χ2v) is 11.7. The summed E-state index contributed by atoms with van der Waals surface area (Å²) in [6, 6.07) is 15.7. The van der Waals surface area contributed by atoms with Gasteiger partial charge in [-0.15, -0.1) is 0 Å². The number of aryl methyl sites for hydroxylation is 1. The molecule has 0 bridgehead atoms. The topological polar surface area (TPSA) is 132 Å². The lowest BCUT2D eigenvalue weighted by atomic mass is 9.80. The molecule has 0 saturated carbocycles. The molecule has 2 aromatic carbocycles. The van der Waals surface area contributed by atoms with Crippen LogP contribution in [0.4, 0.5) is 15.8 Å². The number of aliphatic hydroxyl groups excluding tert-OH is 1. The van der Waals surface area contributed by atoms with Crippen LogP contribution in [0.3, 0.4) is 0 Å². The van der Waals surface area contributed by atoms with Crippen LogP contribution in [-0.2, 0) is 26.0 Å². The summed E-state index contributed by atoms with van der Waals surface area (Å²) in [7, 11) is -3.97. The number of aliphatic hydroxyl groups is 1. The number of rotatable bonds is 11. The number of nitrogens with one attached hydrogen (secondary N) is 1. The van der Waals surface area contributed by atoms with Crippen LogP contribution in [0.2, 0.25) is 0 Å². The third-order valence-electron chi connectivity index (χ3n) is 7.15. The number of nitrogen functional groups attached to an aromatic ring is 1. The van der Waals surface area contributed by atoms with E-state index in [0.29, 0.717) is 42.6 Å². The van der Waals surface area contributed by atoms with Crippen molar-refractivity contribution in [2.75, 3.05) is 10.5 Å². The molecule has 0 aliphatic carbocycles. The van der Waals surface area contributed by atoms with Gasteiger partial charge in [0.1, 0.15) is 17.2 Å². The summed E-state index contributed by atoms with van der Waals surface area (Å²) < 4.78 is 47.6. The lowest BCUT2D eigenvalue weighted by Crippen LogP contribution is -2.41. The molecule has 0 spiro atoms. The second-order valence-electron chi connectivity index (χ2n) is 10.1. The van der Waals surface area contributed by atoms with Gasteiger partial charge in [0.05, 0.1) is 17.5 Å². The number of carbonyl (C=O) groups excluding carboxylic acids is 1. The first-order valence-electron chi connectivity index (χ1n) is 13.3. The van der Waals surface area contributed by atoms with E-state index in [1.165, 1.54) is 30.5 Å². The quantitative estimate of drug-likeness (QED) is 0.241. The molecule has 10 heteroatoms. The Morgan fingerprint density at radius 3 is 2.50 bits per heavy atom. The minimum atomic E-state index is -3.97. The number of anilines is 2. The van der Waals surface area contributed by atoms with Gasteiger partial charge in [-0.3, -0.25) is 4.72 Å². The first-order valence-corrected chi connectivity index (χ1v) is 14.8. The minimum Gasteiger partial charge on any atom is -0.512 e. The number of halogens is 1. The van der Waals surface area contributed by atoms with Crippen molar-refractivity contribution < 1.29 is 27.4 Å². The molecular weight excluding hydrogens is 533 g/mol. The zero-order valence-corrected chi connectivity index (χ0v) is 23.4. The molecule has 1 aliphatic heterocycles. The maximum absolute atomic E-state index is 13.4. The van der Waals surface area contributed by atoms with Gasteiger partial charge < -0.3 is 15.6 Å². The molecule has 0 amide bonds. The molecule has 3 aromatic rings. The average molecular weight is 568 g/mol. The second kappa shape index (κ2) is 12.1. The molecule has 1 unspecified atom stereocenters. The Bertz CT molecular complexity index is 1490. The molecule has 0 saturated heterocycles. The van der Waals surface area contributed by atoms with Crippen molar-refractivity contribution in [2.45, 2.75) is 68.9 Å². The highest BCUT2D eigenvalue weighted by atomic mass is 32.2. The Morgan fingerprint density at radius 2 is 1.88 bits per heavy atom. The third-order valence-corrected chi connectivity index (χ3v) is 8.45. The predicted octanol–water partition coefficient (Wildman–Crippen LogP) is 6.03. The predicted molar refractivity (Wildman–Crippen MR) is 152 cm³/mol. The highest BCUT2D eigenvalue weighted by molar-refractivity contribution is 7.92. The number of benzene rings is 2. The van der Waals surface area contributed by atoms with Crippen LogP contribution in [0.1, 0.15) is 63.0 Å². The Labute approximate surface area is 234 Å². The molecule has 0 radical (unpaired) electrons. The number of nitrogens with zero attached hydrogens (tertiary/aromatic N) is 1. The number of esters is 1. The number of sulfonamides is 1.